The molecule has 19 heavy (non-hydrogen) atoms. The standard InChI is InChI=1S/C9H10N4O5S/c1-4(14)11-9-12-5(3-19-9)7(16)18-2-6(15)13-8(10)17/h3H,2H2,1H3,(H,11,12,14)(H3,10,13,15,17). The zero-order chi connectivity index (χ0) is 14.4. The fraction of sp³-hybridized carbons (Fsp3) is 0.222. The van der Waals surface area contributed by atoms with E-state index in [1.54, 1.807) is 5.32 Å². The number of urea groups is 1. The van der Waals surface area contributed by atoms with Crippen LogP contribution < -0.4 is 16.4 Å². The Morgan fingerprint density at radius 2 is 2.11 bits per heavy atom. The summed E-state index contributed by atoms with van der Waals surface area (Å²) in [5.41, 5.74) is 4.64. The Bertz CT molecular complexity index is 526. The van der Waals surface area contributed by atoms with Crippen LogP contribution in [-0.2, 0) is 14.3 Å². The zero-order valence-corrected chi connectivity index (χ0v) is 10.6. The molecule has 0 saturated heterocycles. The second kappa shape index (κ2) is 6.44. The van der Waals surface area contributed by atoms with Gasteiger partial charge in [-0.1, -0.05) is 0 Å². The van der Waals surface area contributed by atoms with Crippen molar-refractivity contribution in [2.75, 3.05) is 11.9 Å². The van der Waals surface area contributed by atoms with Gasteiger partial charge in [0.05, 0.1) is 0 Å². The van der Waals surface area contributed by atoms with Crippen LogP contribution in [-0.4, -0.2) is 35.4 Å². The van der Waals surface area contributed by atoms with Gasteiger partial charge < -0.3 is 15.8 Å². The molecule has 4 N–H and O–H groups in total. The number of ether oxygens (including phenoxy) is 1. The average molecular weight is 286 g/mol. The number of primary amides is 1. The minimum absolute atomic E-state index is 0.0550. The molecular weight excluding hydrogens is 276 g/mol. The van der Waals surface area contributed by atoms with Crippen molar-refractivity contribution in [2.24, 2.45) is 5.73 Å². The van der Waals surface area contributed by atoms with E-state index in [1.165, 1.54) is 12.3 Å². The van der Waals surface area contributed by atoms with Crippen LogP contribution in [0.15, 0.2) is 5.38 Å². The number of nitrogens with one attached hydrogen (secondary N) is 2. The van der Waals surface area contributed by atoms with E-state index in [4.69, 9.17) is 5.73 Å². The molecule has 0 unspecified atom stereocenters. The van der Waals surface area contributed by atoms with E-state index in [1.807, 2.05) is 0 Å². The topological polar surface area (TPSA) is 140 Å². The first-order valence-electron chi connectivity index (χ1n) is 4.88. The molecule has 0 bridgehead atoms. The summed E-state index contributed by atoms with van der Waals surface area (Å²) in [4.78, 5) is 47.3. The Morgan fingerprint density at radius 3 is 2.68 bits per heavy atom. The van der Waals surface area contributed by atoms with E-state index in [0.29, 0.717) is 0 Å². The van der Waals surface area contributed by atoms with Crippen LogP contribution in [0.5, 0.6) is 0 Å². The predicted molar refractivity (Wildman–Crippen MR) is 64.4 cm³/mol. The summed E-state index contributed by atoms with van der Waals surface area (Å²) in [6, 6.07) is -1.04. The molecule has 1 rings (SSSR count). The van der Waals surface area contributed by atoms with Gasteiger partial charge in [0.25, 0.3) is 5.91 Å². The normalized spacial score (nSPS) is 9.53. The second-order valence-electron chi connectivity index (χ2n) is 3.21. The van der Waals surface area contributed by atoms with Crippen molar-refractivity contribution < 1.29 is 23.9 Å². The first-order chi connectivity index (χ1) is 8.88. The minimum Gasteiger partial charge on any atom is -0.451 e. The van der Waals surface area contributed by atoms with Crippen molar-refractivity contribution in [1.82, 2.24) is 10.3 Å². The lowest BCUT2D eigenvalue weighted by molar-refractivity contribution is -0.123. The van der Waals surface area contributed by atoms with Crippen molar-refractivity contribution in [3.05, 3.63) is 11.1 Å². The summed E-state index contributed by atoms with van der Waals surface area (Å²) >= 11 is 1.03. The molecule has 0 aromatic carbocycles. The molecule has 0 aliphatic heterocycles. The molecule has 0 atom stereocenters. The molecule has 0 fully saturated rings. The van der Waals surface area contributed by atoms with Crippen molar-refractivity contribution in [1.29, 1.82) is 0 Å². The van der Waals surface area contributed by atoms with E-state index in [-0.39, 0.29) is 16.7 Å². The van der Waals surface area contributed by atoms with Gasteiger partial charge in [0, 0.05) is 12.3 Å². The average Bonchev–Trinajstić information content (AvgIpc) is 2.72. The van der Waals surface area contributed by atoms with Crippen molar-refractivity contribution in [2.45, 2.75) is 6.92 Å². The van der Waals surface area contributed by atoms with Gasteiger partial charge >= 0.3 is 12.0 Å². The third-order valence-corrected chi connectivity index (χ3v) is 2.35. The lowest BCUT2D eigenvalue weighted by Gasteiger charge is -2.01. The number of rotatable bonds is 4. The number of hydrogen-bond acceptors (Lipinski definition) is 7. The number of hydrogen-bond donors (Lipinski definition) is 3. The number of imide groups is 1. The van der Waals surface area contributed by atoms with Crippen LogP contribution in [0.2, 0.25) is 0 Å². The quantitative estimate of drug-likeness (QED) is 0.634. The molecule has 0 saturated carbocycles. The molecule has 0 radical (unpaired) electrons. The number of carbonyl (C=O) groups is 4. The van der Waals surface area contributed by atoms with Crippen molar-refractivity contribution >= 4 is 40.3 Å². The number of anilines is 1. The molecule has 1 aromatic rings. The Hall–Kier alpha value is -2.49. The molecule has 9 nitrogen and oxygen atoms in total. The number of amides is 4. The van der Waals surface area contributed by atoms with Gasteiger partial charge in [-0.05, 0) is 0 Å². The van der Waals surface area contributed by atoms with E-state index < -0.39 is 24.5 Å². The highest BCUT2D eigenvalue weighted by Gasteiger charge is 2.15. The molecule has 0 spiro atoms. The summed E-state index contributed by atoms with van der Waals surface area (Å²) in [7, 11) is 0. The molecule has 0 aliphatic rings. The molecule has 1 aromatic heterocycles. The largest absolute Gasteiger partial charge is 0.451 e. The van der Waals surface area contributed by atoms with Gasteiger partial charge in [-0.3, -0.25) is 14.9 Å². The van der Waals surface area contributed by atoms with Crippen LogP contribution >= 0.6 is 11.3 Å². The molecule has 0 aliphatic carbocycles. The lowest BCUT2D eigenvalue weighted by atomic mass is 10.5. The number of nitrogens with zero attached hydrogens (tertiary/aromatic N) is 1. The van der Waals surface area contributed by atoms with Gasteiger partial charge in [-0.25, -0.2) is 14.6 Å². The molecule has 102 valence electrons. The predicted octanol–water partition coefficient (Wildman–Crippen LogP) is -0.547. The van der Waals surface area contributed by atoms with Crippen molar-refractivity contribution in [3.8, 4) is 0 Å². The van der Waals surface area contributed by atoms with Crippen LogP contribution in [0.1, 0.15) is 17.4 Å². The maximum atomic E-state index is 11.4. The molecular formula is C9H10N4O5S. The van der Waals surface area contributed by atoms with E-state index >= 15 is 0 Å². The molecule has 4 amide bonds. The summed E-state index contributed by atoms with van der Waals surface area (Å²) in [6.07, 6.45) is 0. The third kappa shape index (κ3) is 5.12. The molecule has 1 heterocycles. The fourth-order valence-corrected chi connectivity index (χ4v) is 1.68. The van der Waals surface area contributed by atoms with Gasteiger partial charge in [-0.2, -0.15) is 0 Å². The Morgan fingerprint density at radius 1 is 1.42 bits per heavy atom. The highest BCUT2D eigenvalue weighted by atomic mass is 32.1. The van der Waals surface area contributed by atoms with Crippen molar-refractivity contribution in [3.63, 3.8) is 0 Å². The van der Waals surface area contributed by atoms with E-state index in [9.17, 15) is 19.2 Å². The van der Waals surface area contributed by atoms with Crippen LogP contribution in [0.25, 0.3) is 0 Å². The highest BCUT2D eigenvalue weighted by Crippen LogP contribution is 2.15. The van der Waals surface area contributed by atoms with Gasteiger partial charge in [0.1, 0.15) is 0 Å². The highest BCUT2D eigenvalue weighted by molar-refractivity contribution is 7.14. The fourth-order valence-electron chi connectivity index (χ4n) is 0.954. The summed E-state index contributed by atoms with van der Waals surface area (Å²) in [5.74, 6) is -2.03. The minimum atomic E-state index is -1.04. The number of carbonyl (C=O) groups excluding carboxylic acids is 4. The van der Waals surface area contributed by atoms with Crippen LogP contribution in [0.4, 0.5) is 9.93 Å². The number of esters is 1. The number of thiazole rings is 1. The van der Waals surface area contributed by atoms with Gasteiger partial charge in [-0.15, -0.1) is 11.3 Å². The van der Waals surface area contributed by atoms with E-state index in [2.05, 4.69) is 15.0 Å². The maximum absolute atomic E-state index is 11.4. The zero-order valence-electron chi connectivity index (χ0n) is 9.76. The third-order valence-electron chi connectivity index (χ3n) is 1.59. The van der Waals surface area contributed by atoms with Gasteiger partial charge in [0.15, 0.2) is 17.4 Å². The monoisotopic (exact) mass is 286 g/mol. The molecule has 10 heteroatoms. The Balaban J connectivity index is 2.49. The summed E-state index contributed by atoms with van der Waals surface area (Å²) < 4.78 is 4.58. The first-order valence-corrected chi connectivity index (χ1v) is 5.76. The van der Waals surface area contributed by atoms with Gasteiger partial charge in [0.2, 0.25) is 5.91 Å². The number of aromatic nitrogens is 1. The maximum Gasteiger partial charge on any atom is 0.358 e. The van der Waals surface area contributed by atoms with Crippen LogP contribution in [0.3, 0.4) is 0 Å². The summed E-state index contributed by atoms with van der Waals surface area (Å²) in [5, 5.41) is 5.72. The second-order valence-corrected chi connectivity index (χ2v) is 4.07. The SMILES string of the molecule is CC(=O)Nc1nc(C(=O)OCC(=O)NC(N)=O)cs1. The Kier molecular flexibility index (Phi) is 4.94. The van der Waals surface area contributed by atoms with E-state index in [0.717, 1.165) is 11.3 Å². The smallest absolute Gasteiger partial charge is 0.358 e. The first kappa shape index (κ1) is 14.6. The van der Waals surface area contributed by atoms with Crippen LogP contribution in [0, 0.1) is 0 Å². The Labute approximate surface area is 111 Å². The summed E-state index contributed by atoms with van der Waals surface area (Å²) in [6.45, 7) is 0.641. The number of nitrogens with two attached hydrogens (primary N) is 1. The lowest BCUT2D eigenvalue weighted by Crippen LogP contribution is -2.37.